The number of fused-ring (bicyclic) bond motifs is 1. The van der Waals surface area contributed by atoms with Crippen LogP contribution < -0.4 is 0 Å². The Morgan fingerprint density at radius 3 is 1.85 bits per heavy atom. The van der Waals surface area contributed by atoms with Gasteiger partial charge in [0.15, 0.2) is 0 Å². The maximum atomic E-state index is 12.5. The van der Waals surface area contributed by atoms with Crippen molar-refractivity contribution in [1.29, 1.82) is 0 Å². The van der Waals surface area contributed by atoms with E-state index >= 15 is 0 Å². The van der Waals surface area contributed by atoms with Crippen molar-refractivity contribution in [3.05, 3.63) is 42.0 Å². The summed E-state index contributed by atoms with van der Waals surface area (Å²) in [6, 6.07) is 12.8. The number of unbranched alkanes of at least 4 members (excludes halogenated alkanes) is 13. The highest BCUT2D eigenvalue weighted by molar-refractivity contribution is 7.98. The molecular weight excluding hydrogens is 424 g/mol. The van der Waals surface area contributed by atoms with Crippen LogP contribution in [0.15, 0.2) is 41.3 Å². The second-order valence-electron chi connectivity index (χ2n) is 9.46. The van der Waals surface area contributed by atoms with Crippen LogP contribution in [0, 0.1) is 0 Å². The predicted octanol–water partition coefficient (Wildman–Crippen LogP) is 9.69. The third-order valence-electron chi connectivity index (χ3n) is 6.67. The third-order valence-corrected chi connectivity index (χ3v) is 7.39. The molecule has 0 saturated carbocycles. The minimum absolute atomic E-state index is 0.107. The van der Waals surface area contributed by atoms with Crippen molar-refractivity contribution in [1.82, 2.24) is 0 Å². The molecule has 3 heteroatoms. The molecule has 0 aliphatic rings. The molecule has 2 aromatic carbocycles. The molecule has 2 rings (SSSR count). The topological polar surface area (TPSA) is 26.3 Å². The summed E-state index contributed by atoms with van der Waals surface area (Å²) >= 11 is 1.75. The first-order valence-corrected chi connectivity index (χ1v) is 14.6. The molecular formula is C30H46O2S. The first-order chi connectivity index (χ1) is 16.2. The molecule has 1 unspecified atom stereocenters. The molecule has 33 heavy (non-hydrogen) atoms. The van der Waals surface area contributed by atoms with Crippen molar-refractivity contribution < 1.29 is 9.53 Å². The third kappa shape index (κ3) is 11.0. The molecule has 0 radical (unpaired) electrons. The molecule has 0 aromatic heterocycles. The van der Waals surface area contributed by atoms with Crippen LogP contribution in [-0.2, 0) is 9.53 Å². The van der Waals surface area contributed by atoms with E-state index < -0.39 is 0 Å². The predicted molar refractivity (Wildman–Crippen MR) is 145 cm³/mol. The largest absolute Gasteiger partial charge is 0.465 e. The Morgan fingerprint density at radius 2 is 1.27 bits per heavy atom. The molecule has 0 fully saturated rings. The highest BCUT2D eigenvalue weighted by Gasteiger charge is 2.17. The van der Waals surface area contributed by atoms with E-state index in [0.717, 1.165) is 18.4 Å². The van der Waals surface area contributed by atoms with Gasteiger partial charge in [0.25, 0.3) is 0 Å². The van der Waals surface area contributed by atoms with Crippen LogP contribution in [0.5, 0.6) is 0 Å². The molecule has 184 valence electrons. The van der Waals surface area contributed by atoms with E-state index in [-0.39, 0.29) is 11.9 Å². The van der Waals surface area contributed by atoms with Crippen LogP contribution in [0.3, 0.4) is 0 Å². The zero-order chi connectivity index (χ0) is 23.7. The van der Waals surface area contributed by atoms with Crippen molar-refractivity contribution >= 4 is 28.5 Å². The fourth-order valence-corrected chi connectivity index (χ4v) is 4.82. The van der Waals surface area contributed by atoms with Gasteiger partial charge in [-0.2, -0.15) is 0 Å². The Morgan fingerprint density at radius 1 is 0.758 bits per heavy atom. The minimum Gasteiger partial charge on any atom is -0.465 e. The van der Waals surface area contributed by atoms with Gasteiger partial charge in [0, 0.05) is 4.90 Å². The van der Waals surface area contributed by atoms with Crippen LogP contribution >= 0.6 is 11.8 Å². The van der Waals surface area contributed by atoms with Gasteiger partial charge in [-0.15, -0.1) is 11.8 Å². The van der Waals surface area contributed by atoms with E-state index in [2.05, 4.69) is 49.6 Å². The average molecular weight is 471 g/mol. The zero-order valence-electron chi connectivity index (χ0n) is 21.4. The lowest BCUT2D eigenvalue weighted by molar-refractivity contribution is -0.145. The number of esters is 1. The second kappa shape index (κ2) is 17.0. The zero-order valence-corrected chi connectivity index (χ0v) is 22.2. The van der Waals surface area contributed by atoms with Crippen LogP contribution in [0.25, 0.3) is 10.8 Å². The number of ether oxygens (including phenoxy) is 1. The summed E-state index contributed by atoms with van der Waals surface area (Å²) in [5.41, 5.74) is 1.03. The quantitative estimate of drug-likeness (QED) is 0.123. The van der Waals surface area contributed by atoms with E-state index in [0.29, 0.717) is 6.61 Å². The smallest absolute Gasteiger partial charge is 0.313 e. The number of rotatable bonds is 18. The van der Waals surface area contributed by atoms with Crippen LogP contribution in [-0.4, -0.2) is 18.8 Å². The molecule has 0 bridgehead atoms. The average Bonchev–Trinajstić information content (AvgIpc) is 2.85. The number of thioether (sulfide) groups is 1. The fourth-order valence-electron chi connectivity index (χ4n) is 4.37. The lowest BCUT2D eigenvalue weighted by Gasteiger charge is -2.13. The lowest BCUT2D eigenvalue weighted by Crippen LogP contribution is -2.14. The summed E-state index contributed by atoms with van der Waals surface area (Å²) in [6.45, 7) is 4.78. The molecule has 0 spiro atoms. The Bertz CT molecular complexity index is 801. The van der Waals surface area contributed by atoms with Crippen LogP contribution in [0.1, 0.15) is 115 Å². The first-order valence-electron chi connectivity index (χ1n) is 13.4. The van der Waals surface area contributed by atoms with Crippen molar-refractivity contribution in [2.75, 3.05) is 12.9 Å². The normalized spacial score (nSPS) is 12.2. The molecule has 0 N–H and O–H groups in total. The van der Waals surface area contributed by atoms with Crippen LogP contribution in [0.2, 0.25) is 0 Å². The summed E-state index contributed by atoms with van der Waals surface area (Å²) in [5, 5.41) is 2.39. The Kier molecular flexibility index (Phi) is 14.3. The minimum atomic E-state index is -0.221. The SMILES string of the molecule is CCCCCCCCCCCCCCCCOC(=O)C(C)c1ccc2cc(SC)ccc2c1. The Balaban J connectivity index is 1.50. The van der Waals surface area contributed by atoms with E-state index in [1.165, 1.54) is 92.7 Å². The molecule has 0 saturated heterocycles. The lowest BCUT2D eigenvalue weighted by atomic mass is 9.98. The van der Waals surface area contributed by atoms with Gasteiger partial charge in [0.1, 0.15) is 0 Å². The van der Waals surface area contributed by atoms with Crippen molar-refractivity contribution in [3.63, 3.8) is 0 Å². The molecule has 0 aliphatic carbocycles. The molecule has 0 aliphatic heterocycles. The molecule has 2 aromatic rings. The number of hydrogen-bond acceptors (Lipinski definition) is 3. The second-order valence-corrected chi connectivity index (χ2v) is 10.3. The van der Waals surface area contributed by atoms with Gasteiger partial charge in [0.05, 0.1) is 12.5 Å². The van der Waals surface area contributed by atoms with Gasteiger partial charge in [0.2, 0.25) is 0 Å². The van der Waals surface area contributed by atoms with Gasteiger partial charge in [-0.3, -0.25) is 4.79 Å². The van der Waals surface area contributed by atoms with Crippen LogP contribution in [0.4, 0.5) is 0 Å². The maximum Gasteiger partial charge on any atom is 0.313 e. The maximum absolute atomic E-state index is 12.5. The summed E-state index contributed by atoms with van der Waals surface area (Å²) in [7, 11) is 0. The van der Waals surface area contributed by atoms with Gasteiger partial charge >= 0.3 is 5.97 Å². The number of carbonyl (C=O) groups is 1. The molecule has 0 amide bonds. The van der Waals surface area contributed by atoms with Crippen molar-refractivity contribution in [2.45, 2.75) is 115 Å². The van der Waals surface area contributed by atoms with Gasteiger partial charge in [-0.25, -0.2) is 0 Å². The summed E-state index contributed by atoms with van der Waals surface area (Å²) in [4.78, 5) is 13.7. The van der Waals surface area contributed by atoms with Gasteiger partial charge in [-0.05, 0) is 48.1 Å². The van der Waals surface area contributed by atoms with E-state index in [1.807, 2.05) is 6.92 Å². The fraction of sp³-hybridized carbons (Fsp3) is 0.633. The highest BCUT2D eigenvalue weighted by Crippen LogP contribution is 2.26. The van der Waals surface area contributed by atoms with Gasteiger partial charge < -0.3 is 4.74 Å². The highest BCUT2D eigenvalue weighted by atomic mass is 32.2. The Labute approximate surface area is 207 Å². The van der Waals surface area contributed by atoms with E-state index in [9.17, 15) is 4.79 Å². The summed E-state index contributed by atoms with van der Waals surface area (Å²) in [6.07, 6.45) is 20.8. The standard InChI is InChI=1S/C30H46O2S/c1-4-5-6-7-8-9-10-11-12-13-14-15-16-17-22-32-30(31)25(2)26-18-19-28-24-29(33-3)21-20-27(28)23-26/h18-21,23-25H,4-17,22H2,1-3H3. The monoisotopic (exact) mass is 470 g/mol. The van der Waals surface area contributed by atoms with Crippen molar-refractivity contribution in [2.24, 2.45) is 0 Å². The first kappa shape index (κ1) is 27.8. The van der Waals surface area contributed by atoms with E-state index in [4.69, 9.17) is 4.74 Å². The molecule has 0 heterocycles. The molecule has 1 atom stereocenters. The number of carbonyl (C=O) groups excluding carboxylic acids is 1. The van der Waals surface area contributed by atoms with E-state index in [1.54, 1.807) is 11.8 Å². The summed E-state index contributed by atoms with van der Waals surface area (Å²) < 4.78 is 5.57. The number of hydrogen-bond donors (Lipinski definition) is 0. The van der Waals surface area contributed by atoms with Gasteiger partial charge in [-0.1, -0.05) is 115 Å². The number of benzene rings is 2. The molecule has 2 nitrogen and oxygen atoms in total. The summed E-state index contributed by atoms with van der Waals surface area (Å²) in [5.74, 6) is -0.328. The Hall–Kier alpha value is -1.48. The van der Waals surface area contributed by atoms with Crippen molar-refractivity contribution in [3.8, 4) is 0 Å².